The van der Waals surface area contributed by atoms with Crippen LogP contribution in [0.4, 0.5) is 0 Å². The zero-order chi connectivity index (χ0) is 6.97. The van der Waals surface area contributed by atoms with Crippen LogP contribution in [0.15, 0.2) is 17.5 Å². The average Bonchev–Trinajstić information content (AvgIpc) is 2.56. The molecule has 0 bridgehead atoms. The lowest BCUT2D eigenvalue weighted by atomic mass is 10.3. The van der Waals surface area contributed by atoms with Gasteiger partial charge in [0.05, 0.1) is 0 Å². The Morgan fingerprint density at radius 1 is 1.70 bits per heavy atom. The fourth-order valence-corrected chi connectivity index (χ4v) is 2.11. The zero-order valence-corrected chi connectivity index (χ0v) is 6.30. The second kappa shape index (κ2) is 2.20. The summed E-state index contributed by atoms with van der Waals surface area (Å²) in [6.07, 6.45) is 2.15. The molecule has 0 saturated heterocycles. The topological polar surface area (TPSA) is 17.1 Å². The fraction of sp³-hybridized carbons (Fsp3) is 0.375. The fourth-order valence-electron chi connectivity index (χ4n) is 1.19. The molecule has 1 aromatic heterocycles. The first-order valence-corrected chi connectivity index (χ1v) is 4.28. The summed E-state index contributed by atoms with van der Waals surface area (Å²) in [6, 6.07) is 4.15. The molecule has 2 heteroatoms. The van der Waals surface area contributed by atoms with Gasteiger partial charge in [0.2, 0.25) is 0 Å². The molecule has 2 atom stereocenters. The van der Waals surface area contributed by atoms with Crippen molar-refractivity contribution in [1.82, 2.24) is 0 Å². The first-order valence-electron chi connectivity index (χ1n) is 3.40. The highest BCUT2D eigenvalue weighted by Crippen LogP contribution is 2.47. The summed E-state index contributed by atoms with van der Waals surface area (Å²) in [6.45, 7) is 0. The van der Waals surface area contributed by atoms with Crippen molar-refractivity contribution in [3.8, 4) is 0 Å². The third-order valence-corrected chi connectivity index (χ3v) is 2.93. The van der Waals surface area contributed by atoms with Gasteiger partial charge in [-0.15, -0.1) is 11.3 Å². The standard InChI is InChI=1S/C8H8OS/c9-5-6-4-7(6)8-2-1-3-10-8/h1-3,5-7H,4H2. The molecule has 1 saturated carbocycles. The summed E-state index contributed by atoms with van der Waals surface area (Å²) in [7, 11) is 0. The molecule has 2 rings (SSSR count). The summed E-state index contributed by atoms with van der Waals surface area (Å²) < 4.78 is 0. The summed E-state index contributed by atoms with van der Waals surface area (Å²) >= 11 is 1.75. The number of hydrogen-bond donors (Lipinski definition) is 0. The highest BCUT2D eigenvalue weighted by atomic mass is 32.1. The maximum Gasteiger partial charge on any atom is 0.123 e. The van der Waals surface area contributed by atoms with Crippen molar-refractivity contribution in [1.29, 1.82) is 0 Å². The van der Waals surface area contributed by atoms with E-state index in [-0.39, 0.29) is 0 Å². The van der Waals surface area contributed by atoms with Crippen molar-refractivity contribution >= 4 is 17.6 Å². The number of rotatable bonds is 2. The van der Waals surface area contributed by atoms with E-state index in [2.05, 4.69) is 11.4 Å². The van der Waals surface area contributed by atoms with Crippen LogP contribution in [0.3, 0.4) is 0 Å². The summed E-state index contributed by atoms with van der Waals surface area (Å²) in [5.74, 6) is 0.899. The van der Waals surface area contributed by atoms with Gasteiger partial charge in [-0.3, -0.25) is 0 Å². The van der Waals surface area contributed by atoms with Crippen molar-refractivity contribution in [3.63, 3.8) is 0 Å². The van der Waals surface area contributed by atoms with Crippen molar-refractivity contribution in [3.05, 3.63) is 22.4 Å². The second-order valence-electron chi connectivity index (χ2n) is 2.66. The molecule has 1 aliphatic rings. The first kappa shape index (κ1) is 6.10. The largest absolute Gasteiger partial charge is 0.303 e. The van der Waals surface area contributed by atoms with Crippen LogP contribution in [0.25, 0.3) is 0 Å². The predicted octanol–water partition coefficient (Wildman–Crippen LogP) is 2.05. The molecule has 1 heterocycles. The summed E-state index contributed by atoms with van der Waals surface area (Å²) in [5.41, 5.74) is 0. The first-order chi connectivity index (χ1) is 4.92. The molecule has 1 nitrogen and oxygen atoms in total. The Kier molecular flexibility index (Phi) is 1.34. The van der Waals surface area contributed by atoms with Gasteiger partial charge in [-0.05, 0) is 17.9 Å². The normalized spacial score (nSPS) is 30.0. The summed E-state index contributed by atoms with van der Waals surface area (Å²) in [4.78, 5) is 11.6. The lowest BCUT2D eigenvalue weighted by Crippen LogP contribution is -1.78. The van der Waals surface area contributed by atoms with Crippen LogP contribution in [0.5, 0.6) is 0 Å². The molecular formula is C8H8OS. The minimum atomic E-state index is 0.332. The van der Waals surface area contributed by atoms with Crippen molar-refractivity contribution < 1.29 is 4.79 Å². The van der Waals surface area contributed by atoms with Crippen LogP contribution in [-0.2, 0) is 4.79 Å². The second-order valence-corrected chi connectivity index (χ2v) is 3.64. The van der Waals surface area contributed by atoms with Gasteiger partial charge >= 0.3 is 0 Å². The van der Waals surface area contributed by atoms with Crippen molar-refractivity contribution in [2.24, 2.45) is 5.92 Å². The predicted molar refractivity (Wildman–Crippen MR) is 41.2 cm³/mol. The van der Waals surface area contributed by atoms with Crippen LogP contribution >= 0.6 is 11.3 Å². The van der Waals surface area contributed by atoms with Gasteiger partial charge in [-0.25, -0.2) is 0 Å². The van der Waals surface area contributed by atoms with E-state index in [1.807, 2.05) is 6.07 Å². The number of thiophene rings is 1. The molecule has 0 aromatic carbocycles. The zero-order valence-electron chi connectivity index (χ0n) is 5.49. The summed E-state index contributed by atoms with van der Waals surface area (Å²) in [5, 5.41) is 2.06. The van der Waals surface area contributed by atoms with E-state index in [1.54, 1.807) is 11.3 Å². The Bertz CT molecular complexity index is 227. The number of carbonyl (C=O) groups is 1. The molecule has 1 aliphatic carbocycles. The van der Waals surface area contributed by atoms with Crippen LogP contribution in [0.1, 0.15) is 17.2 Å². The van der Waals surface area contributed by atoms with Gasteiger partial charge < -0.3 is 4.79 Å². The molecule has 0 radical (unpaired) electrons. The van der Waals surface area contributed by atoms with Crippen LogP contribution in [0, 0.1) is 5.92 Å². The smallest absolute Gasteiger partial charge is 0.123 e. The molecular weight excluding hydrogens is 144 g/mol. The van der Waals surface area contributed by atoms with E-state index in [4.69, 9.17) is 0 Å². The Labute approximate surface area is 63.7 Å². The Balaban J connectivity index is 2.11. The molecule has 10 heavy (non-hydrogen) atoms. The number of carbonyl (C=O) groups excluding carboxylic acids is 1. The molecule has 1 fully saturated rings. The average molecular weight is 152 g/mol. The molecule has 2 unspecified atom stereocenters. The lowest BCUT2D eigenvalue weighted by molar-refractivity contribution is -0.108. The maximum atomic E-state index is 10.3. The molecule has 0 aliphatic heterocycles. The Hall–Kier alpha value is -0.630. The third-order valence-electron chi connectivity index (χ3n) is 1.92. The SMILES string of the molecule is O=CC1CC1c1cccs1. The van der Waals surface area contributed by atoms with Gasteiger partial charge in [0.25, 0.3) is 0 Å². The van der Waals surface area contributed by atoms with Gasteiger partial charge in [0.1, 0.15) is 6.29 Å². The quantitative estimate of drug-likeness (QED) is 0.593. The van der Waals surface area contributed by atoms with Crippen LogP contribution in [-0.4, -0.2) is 6.29 Å². The van der Waals surface area contributed by atoms with E-state index in [9.17, 15) is 4.79 Å². The van der Waals surface area contributed by atoms with Crippen molar-refractivity contribution in [2.75, 3.05) is 0 Å². The van der Waals surface area contributed by atoms with Gasteiger partial charge in [-0.1, -0.05) is 6.07 Å². The van der Waals surface area contributed by atoms with E-state index in [1.165, 1.54) is 4.88 Å². The van der Waals surface area contributed by atoms with Crippen LogP contribution in [0.2, 0.25) is 0 Å². The Morgan fingerprint density at radius 3 is 3.10 bits per heavy atom. The van der Waals surface area contributed by atoms with Crippen LogP contribution < -0.4 is 0 Å². The third kappa shape index (κ3) is 0.886. The van der Waals surface area contributed by atoms with Crippen molar-refractivity contribution in [2.45, 2.75) is 12.3 Å². The monoisotopic (exact) mass is 152 g/mol. The molecule has 0 amide bonds. The van der Waals surface area contributed by atoms with Gasteiger partial charge in [0.15, 0.2) is 0 Å². The minimum absolute atomic E-state index is 0.332. The molecule has 1 aromatic rings. The number of aldehydes is 1. The number of hydrogen-bond acceptors (Lipinski definition) is 2. The Morgan fingerprint density at radius 2 is 2.60 bits per heavy atom. The lowest BCUT2D eigenvalue weighted by Gasteiger charge is -1.85. The van der Waals surface area contributed by atoms with Gasteiger partial charge in [-0.2, -0.15) is 0 Å². The van der Waals surface area contributed by atoms with E-state index >= 15 is 0 Å². The van der Waals surface area contributed by atoms with E-state index in [0.29, 0.717) is 11.8 Å². The highest BCUT2D eigenvalue weighted by molar-refractivity contribution is 7.10. The molecule has 0 spiro atoms. The minimum Gasteiger partial charge on any atom is -0.303 e. The van der Waals surface area contributed by atoms with Gasteiger partial charge in [0, 0.05) is 16.7 Å². The molecule has 0 N–H and O–H groups in total. The highest BCUT2D eigenvalue weighted by Gasteiger charge is 2.38. The van der Waals surface area contributed by atoms with E-state index in [0.717, 1.165) is 12.7 Å². The maximum absolute atomic E-state index is 10.3. The molecule has 52 valence electrons. The van der Waals surface area contributed by atoms with E-state index < -0.39 is 0 Å².